The number of rotatable bonds is 7. The maximum absolute atomic E-state index is 5.73. The van der Waals surface area contributed by atoms with Crippen molar-refractivity contribution in [3.05, 3.63) is 46.9 Å². The Balaban J connectivity index is 1.48. The molecule has 0 radical (unpaired) electrons. The molecule has 6 heteroatoms. The standard InChI is InChI=1S/C17H17BrN2O2S/c1-2-21-13-4-6-14(7-5-13)22-9-10-23-17-19-15-8-3-12(18)11-16(15)20-17/h3-8,11H,2,9-10H2,1H3,(H,19,20). The number of fused-ring (bicyclic) bond motifs is 1. The molecule has 0 amide bonds. The molecule has 1 heterocycles. The van der Waals surface area contributed by atoms with Crippen LogP contribution in [0.15, 0.2) is 52.1 Å². The molecule has 3 aromatic rings. The van der Waals surface area contributed by atoms with Crippen LogP contribution in [-0.4, -0.2) is 28.9 Å². The minimum absolute atomic E-state index is 0.624. The zero-order valence-corrected chi connectivity index (χ0v) is 15.1. The van der Waals surface area contributed by atoms with E-state index in [9.17, 15) is 0 Å². The molecule has 1 aromatic heterocycles. The van der Waals surface area contributed by atoms with Crippen molar-refractivity contribution in [2.24, 2.45) is 0 Å². The van der Waals surface area contributed by atoms with Gasteiger partial charge in [-0.2, -0.15) is 0 Å². The van der Waals surface area contributed by atoms with E-state index in [1.54, 1.807) is 11.8 Å². The molecule has 0 saturated heterocycles. The molecular weight excluding hydrogens is 376 g/mol. The Morgan fingerprint density at radius 3 is 2.57 bits per heavy atom. The summed E-state index contributed by atoms with van der Waals surface area (Å²) in [5, 5.41) is 0.911. The summed E-state index contributed by atoms with van der Waals surface area (Å²) in [6, 6.07) is 13.7. The lowest BCUT2D eigenvalue weighted by molar-refractivity contribution is 0.332. The van der Waals surface area contributed by atoms with Gasteiger partial charge in [0.25, 0.3) is 0 Å². The van der Waals surface area contributed by atoms with Gasteiger partial charge < -0.3 is 14.5 Å². The van der Waals surface area contributed by atoms with Crippen molar-refractivity contribution in [3.63, 3.8) is 0 Å². The van der Waals surface area contributed by atoms with Gasteiger partial charge >= 0.3 is 0 Å². The van der Waals surface area contributed by atoms with Crippen molar-refractivity contribution in [1.29, 1.82) is 0 Å². The van der Waals surface area contributed by atoms with Crippen LogP contribution in [0, 0.1) is 0 Å². The molecule has 0 saturated carbocycles. The molecule has 0 aliphatic rings. The fourth-order valence-corrected chi connectivity index (χ4v) is 3.19. The number of hydrogen-bond donors (Lipinski definition) is 1. The van der Waals surface area contributed by atoms with Gasteiger partial charge in [-0.1, -0.05) is 27.7 Å². The summed E-state index contributed by atoms with van der Waals surface area (Å²) in [6.45, 7) is 3.27. The summed E-state index contributed by atoms with van der Waals surface area (Å²) < 4.78 is 12.2. The molecule has 0 fully saturated rings. The van der Waals surface area contributed by atoms with E-state index in [2.05, 4.69) is 25.9 Å². The number of aromatic amines is 1. The lowest BCUT2D eigenvalue weighted by atomic mass is 10.3. The van der Waals surface area contributed by atoms with Gasteiger partial charge in [-0.3, -0.25) is 0 Å². The number of hydrogen-bond acceptors (Lipinski definition) is 4. The molecule has 0 aliphatic carbocycles. The van der Waals surface area contributed by atoms with E-state index in [1.165, 1.54) is 0 Å². The fraction of sp³-hybridized carbons (Fsp3) is 0.235. The highest BCUT2D eigenvalue weighted by atomic mass is 79.9. The second kappa shape index (κ2) is 7.75. The first-order valence-electron chi connectivity index (χ1n) is 7.38. The summed E-state index contributed by atoms with van der Waals surface area (Å²) >= 11 is 5.11. The zero-order valence-electron chi connectivity index (χ0n) is 12.7. The number of H-pyrrole nitrogens is 1. The van der Waals surface area contributed by atoms with Crippen LogP contribution in [0.3, 0.4) is 0 Å². The van der Waals surface area contributed by atoms with E-state index in [-0.39, 0.29) is 0 Å². The number of nitrogens with one attached hydrogen (secondary N) is 1. The highest BCUT2D eigenvalue weighted by Gasteiger charge is 2.04. The third-order valence-corrected chi connectivity index (χ3v) is 4.48. The molecule has 0 aliphatic heterocycles. The minimum atomic E-state index is 0.624. The normalized spacial score (nSPS) is 10.9. The smallest absolute Gasteiger partial charge is 0.166 e. The second-order valence-electron chi connectivity index (χ2n) is 4.80. The van der Waals surface area contributed by atoms with E-state index in [0.717, 1.165) is 37.9 Å². The molecule has 0 bridgehead atoms. The number of imidazole rings is 1. The maximum Gasteiger partial charge on any atom is 0.166 e. The van der Waals surface area contributed by atoms with E-state index in [1.807, 2.05) is 49.4 Å². The van der Waals surface area contributed by atoms with Gasteiger partial charge in [0.05, 0.1) is 24.2 Å². The Morgan fingerprint density at radius 1 is 1.09 bits per heavy atom. The number of benzene rings is 2. The van der Waals surface area contributed by atoms with E-state index < -0.39 is 0 Å². The summed E-state index contributed by atoms with van der Waals surface area (Å²) in [7, 11) is 0. The lowest BCUT2D eigenvalue weighted by Gasteiger charge is -2.07. The summed E-state index contributed by atoms with van der Waals surface area (Å²) in [5.74, 6) is 2.54. The van der Waals surface area contributed by atoms with Crippen LogP contribution in [0.25, 0.3) is 11.0 Å². The van der Waals surface area contributed by atoms with Crippen molar-refractivity contribution in [2.45, 2.75) is 12.1 Å². The number of ether oxygens (including phenoxy) is 2. The number of nitrogens with zero attached hydrogens (tertiary/aromatic N) is 1. The van der Waals surface area contributed by atoms with Gasteiger partial charge in [-0.25, -0.2) is 4.98 Å². The van der Waals surface area contributed by atoms with Crippen LogP contribution in [-0.2, 0) is 0 Å². The Bertz CT molecular complexity index is 774. The number of thioether (sulfide) groups is 1. The van der Waals surface area contributed by atoms with Crippen molar-refractivity contribution in [2.75, 3.05) is 19.0 Å². The topological polar surface area (TPSA) is 47.1 Å². The fourth-order valence-electron chi connectivity index (χ4n) is 2.12. The average Bonchev–Trinajstić information content (AvgIpc) is 2.95. The molecular formula is C17H17BrN2O2S. The second-order valence-corrected chi connectivity index (χ2v) is 6.80. The van der Waals surface area contributed by atoms with E-state index in [0.29, 0.717) is 13.2 Å². The summed E-state index contributed by atoms with van der Waals surface area (Å²) in [6.07, 6.45) is 0. The highest BCUT2D eigenvalue weighted by Crippen LogP contribution is 2.23. The first-order chi connectivity index (χ1) is 11.2. The van der Waals surface area contributed by atoms with Crippen LogP contribution in [0.2, 0.25) is 0 Å². The molecule has 0 atom stereocenters. The van der Waals surface area contributed by atoms with Gasteiger partial charge in [-0.15, -0.1) is 0 Å². The van der Waals surface area contributed by atoms with Crippen LogP contribution in [0.5, 0.6) is 11.5 Å². The van der Waals surface area contributed by atoms with E-state index in [4.69, 9.17) is 9.47 Å². The van der Waals surface area contributed by atoms with Crippen molar-refractivity contribution < 1.29 is 9.47 Å². The molecule has 4 nitrogen and oxygen atoms in total. The Labute approximate surface area is 147 Å². The molecule has 2 aromatic carbocycles. The maximum atomic E-state index is 5.73. The third-order valence-electron chi connectivity index (χ3n) is 3.15. The van der Waals surface area contributed by atoms with Crippen LogP contribution in [0.1, 0.15) is 6.92 Å². The number of aromatic nitrogens is 2. The van der Waals surface area contributed by atoms with Crippen molar-refractivity contribution in [1.82, 2.24) is 9.97 Å². The zero-order chi connectivity index (χ0) is 16.1. The highest BCUT2D eigenvalue weighted by molar-refractivity contribution is 9.10. The minimum Gasteiger partial charge on any atom is -0.494 e. The quantitative estimate of drug-likeness (QED) is 0.458. The Morgan fingerprint density at radius 2 is 1.83 bits per heavy atom. The molecule has 3 rings (SSSR count). The molecule has 120 valence electrons. The number of halogens is 1. The van der Waals surface area contributed by atoms with Crippen LogP contribution < -0.4 is 9.47 Å². The van der Waals surface area contributed by atoms with Gasteiger partial charge in [0.15, 0.2) is 5.16 Å². The van der Waals surface area contributed by atoms with Crippen LogP contribution >= 0.6 is 27.7 Å². The monoisotopic (exact) mass is 392 g/mol. The first kappa shape index (κ1) is 16.2. The first-order valence-corrected chi connectivity index (χ1v) is 9.16. The molecule has 0 spiro atoms. The van der Waals surface area contributed by atoms with Crippen LogP contribution in [0.4, 0.5) is 0 Å². The van der Waals surface area contributed by atoms with Crippen molar-refractivity contribution in [3.8, 4) is 11.5 Å². The summed E-state index contributed by atoms with van der Waals surface area (Å²) in [5.41, 5.74) is 2.01. The third kappa shape index (κ3) is 4.42. The van der Waals surface area contributed by atoms with Crippen molar-refractivity contribution >= 4 is 38.7 Å². The molecule has 23 heavy (non-hydrogen) atoms. The Kier molecular flexibility index (Phi) is 5.46. The predicted molar refractivity (Wildman–Crippen MR) is 97.6 cm³/mol. The molecule has 1 N–H and O–H groups in total. The largest absolute Gasteiger partial charge is 0.494 e. The van der Waals surface area contributed by atoms with Gasteiger partial charge in [0.2, 0.25) is 0 Å². The SMILES string of the molecule is CCOc1ccc(OCCSc2nc3ccc(Br)cc3[nH]2)cc1. The Hall–Kier alpha value is -1.66. The summed E-state index contributed by atoms with van der Waals surface area (Å²) in [4.78, 5) is 7.85. The van der Waals surface area contributed by atoms with Gasteiger partial charge in [0.1, 0.15) is 11.5 Å². The predicted octanol–water partition coefficient (Wildman–Crippen LogP) is 4.90. The van der Waals surface area contributed by atoms with Gasteiger partial charge in [0, 0.05) is 10.2 Å². The molecule has 0 unspecified atom stereocenters. The van der Waals surface area contributed by atoms with Gasteiger partial charge in [-0.05, 0) is 49.4 Å². The van der Waals surface area contributed by atoms with E-state index >= 15 is 0 Å². The average molecular weight is 393 g/mol. The lowest BCUT2D eigenvalue weighted by Crippen LogP contribution is -2.00.